The van der Waals surface area contributed by atoms with E-state index in [1.807, 2.05) is 32.0 Å². The lowest BCUT2D eigenvalue weighted by molar-refractivity contribution is -0.149. The summed E-state index contributed by atoms with van der Waals surface area (Å²) in [5, 5.41) is 0. The standard InChI is InChI=1S/C14H23NO4/c1-5-18-14(19-6-2)13(15)10-7-8-11(16-3)12(9-10)17-4/h7-9,13-14H,5-6,15H2,1-4H3/t13-/m0/s1. The van der Waals surface area contributed by atoms with Crippen molar-refractivity contribution in [1.29, 1.82) is 0 Å². The number of methoxy groups -OCH3 is 2. The molecule has 0 fully saturated rings. The summed E-state index contributed by atoms with van der Waals surface area (Å²) in [6, 6.07) is 5.17. The summed E-state index contributed by atoms with van der Waals surface area (Å²) in [5.41, 5.74) is 7.06. The Morgan fingerprint density at radius 3 is 2.05 bits per heavy atom. The van der Waals surface area contributed by atoms with Gasteiger partial charge >= 0.3 is 0 Å². The Morgan fingerprint density at radius 1 is 1.00 bits per heavy atom. The van der Waals surface area contributed by atoms with Gasteiger partial charge in [0.1, 0.15) is 0 Å². The van der Waals surface area contributed by atoms with Gasteiger partial charge in [0.25, 0.3) is 0 Å². The van der Waals surface area contributed by atoms with Gasteiger partial charge in [0.2, 0.25) is 0 Å². The van der Waals surface area contributed by atoms with Gasteiger partial charge in [0.15, 0.2) is 17.8 Å². The van der Waals surface area contributed by atoms with Crippen LogP contribution < -0.4 is 15.2 Å². The quantitative estimate of drug-likeness (QED) is 0.732. The fourth-order valence-electron chi connectivity index (χ4n) is 1.80. The van der Waals surface area contributed by atoms with Crippen LogP contribution in [0.5, 0.6) is 11.5 Å². The zero-order chi connectivity index (χ0) is 14.3. The number of benzene rings is 1. The molecule has 1 atom stereocenters. The van der Waals surface area contributed by atoms with Crippen molar-refractivity contribution in [2.24, 2.45) is 5.73 Å². The highest BCUT2D eigenvalue weighted by molar-refractivity contribution is 5.43. The molecule has 0 aliphatic heterocycles. The van der Waals surface area contributed by atoms with Crippen molar-refractivity contribution in [2.75, 3.05) is 27.4 Å². The molecule has 0 aliphatic rings. The molecule has 1 aromatic rings. The van der Waals surface area contributed by atoms with Gasteiger partial charge in [0.05, 0.1) is 20.3 Å². The molecular formula is C14H23NO4. The predicted molar refractivity (Wildman–Crippen MR) is 73.5 cm³/mol. The van der Waals surface area contributed by atoms with Crippen LogP contribution in [0.2, 0.25) is 0 Å². The first-order chi connectivity index (χ1) is 9.17. The molecule has 0 amide bonds. The highest BCUT2D eigenvalue weighted by Gasteiger charge is 2.21. The Kier molecular flexibility index (Phi) is 6.62. The first-order valence-corrected chi connectivity index (χ1v) is 6.38. The lowest BCUT2D eigenvalue weighted by Gasteiger charge is -2.24. The number of ether oxygens (including phenoxy) is 4. The molecule has 0 aromatic heterocycles. The summed E-state index contributed by atoms with van der Waals surface area (Å²) in [6.45, 7) is 4.91. The van der Waals surface area contributed by atoms with Crippen LogP contribution in [0.3, 0.4) is 0 Å². The fraction of sp³-hybridized carbons (Fsp3) is 0.571. The van der Waals surface area contributed by atoms with Gasteiger partial charge in [-0.3, -0.25) is 0 Å². The normalized spacial score (nSPS) is 12.5. The highest BCUT2D eigenvalue weighted by atomic mass is 16.7. The zero-order valence-corrected chi connectivity index (χ0v) is 12.0. The maximum atomic E-state index is 6.18. The van der Waals surface area contributed by atoms with Crippen LogP contribution in [0.4, 0.5) is 0 Å². The molecule has 19 heavy (non-hydrogen) atoms. The second-order valence-electron chi connectivity index (χ2n) is 3.92. The number of rotatable bonds is 8. The van der Waals surface area contributed by atoms with Crippen LogP contribution in [0.25, 0.3) is 0 Å². The highest BCUT2D eigenvalue weighted by Crippen LogP contribution is 2.30. The lowest BCUT2D eigenvalue weighted by Crippen LogP contribution is -2.31. The molecule has 0 aliphatic carbocycles. The van der Waals surface area contributed by atoms with Crippen LogP contribution in [-0.2, 0) is 9.47 Å². The van der Waals surface area contributed by atoms with Crippen molar-refractivity contribution in [3.63, 3.8) is 0 Å². The maximum absolute atomic E-state index is 6.18. The molecule has 0 unspecified atom stereocenters. The van der Waals surface area contributed by atoms with E-state index in [2.05, 4.69) is 0 Å². The second-order valence-corrected chi connectivity index (χ2v) is 3.92. The average Bonchev–Trinajstić information content (AvgIpc) is 2.45. The molecule has 0 radical (unpaired) electrons. The van der Waals surface area contributed by atoms with Gasteiger partial charge in [-0.15, -0.1) is 0 Å². The summed E-state index contributed by atoms with van der Waals surface area (Å²) in [4.78, 5) is 0. The third kappa shape index (κ3) is 4.09. The van der Waals surface area contributed by atoms with E-state index in [4.69, 9.17) is 24.7 Å². The first kappa shape index (κ1) is 15.8. The Morgan fingerprint density at radius 2 is 1.58 bits per heavy atom. The molecule has 0 heterocycles. The molecular weight excluding hydrogens is 246 g/mol. The summed E-state index contributed by atoms with van der Waals surface area (Å²) in [6.07, 6.45) is -0.465. The smallest absolute Gasteiger partial charge is 0.176 e. The number of hydrogen-bond donors (Lipinski definition) is 1. The Bertz CT molecular complexity index is 378. The van der Waals surface area contributed by atoms with Crippen LogP contribution in [0.1, 0.15) is 25.5 Å². The van der Waals surface area contributed by atoms with E-state index in [1.165, 1.54) is 0 Å². The summed E-state index contributed by atoms with van der Waals surface area (Å²) >= 11 is 0. The maximum Gasteiger partial charge on any atom is 0.176 e. The lowest BCUT2D eigenvalue weighted by atomic mass is 10.1. The third-order valence-electron chi connectivity index (χ3n) is 2.75. The van der Waals surface area contributed by atoms with Crippen LogP contribution >= 0.6 is 0 Å². The molecule has 0 spiro atoms. The minimum atomic E-state index is -0.465. The van der Waals surface area contributed by atoms with E-state index < -0.39 is 6.29 Å². The Balaban J connectivity index is 2.93. The van der Waals surface area contributed by atoms with Gasteiger partial charge in [-0.1, -0.05) is 6.07 Å². The van der Waals surface area contributed by atoms with Crippen molar-refractivity contribution >= 4 is 0 Å². The number of nitrogens with two attached hydrogens (primary N) is 1. The molecule has 5 nitrogen and oxygen atoms in total. The van der Waals surface area contributed by atoms with Gasteiger partial charge < -0.3 is 24.7 Å². The number of hydrogen-bond acceptors (Lipinski definition) is 5. The van der Waals surface area contributed by atoms with E-state index in [9.17, 15) is 0 Å². The summed E-state index contributed by atoms with van der Waals surface area (Å²) in [5.74, 6) is 1.31. The second kappa shape index (κ2) is 7.99. The fourth-order valence-corrected chi connectivity index (χ4v) is 1.80. The molecule has 2 N–H and O–H groups in total. The van der Waals surface area contributed by atoms with Crippen molar-refractivity contribution in [2.45, 2.75) is 26.2 Å². The monoisotopic (exact) mass is 269 g/mol. The van der Waals surface area contributed by atoms with E-state index in [0.29, 0.717) is 24.7 Å². The molecule has 108 valence electrons. The summed E-state index contributed by atoms with van der Waals surface area (Å²) in [7, 11) is 3.19. The molecule has 1 rings (SSSR count). The van der Waals surface area contributed by atoms with Crippen LogP contribution in [0, 0.1) is 0 Å². The largest absolute Gasteiger partial charge is 0.493 e. The zero-order valence-electron chi connectivity index (χ0n) is 12.0. The van der Waals surface area contributed by atoms with Gasteiger partial charge in [-0.25, -0.2) is 0 Å². The topological polar surface area (TPSA) is 62.9 Å². The van der Waals surface area contributed by atoms with E-state index in [-0.39, 0.29) is 6.04 Å². The van der Waals surface area contributed by atoms with E-state index in [1.54, 1.807) is 14.2 Å². The van der Waals surface area contributed by atoms with Crippen molar-refractivity contribution in [1.82, 2.24) is 0 Å². The van der Waals surface area contributed by atoms with Gasteiger partial charge in [-0.05, 0) is 31.5 Å². The Hall–Kier alpha value is -1.30. The molecule has 0 saturated heterocycles. The van der Waals surface area contributed by atoms with Gasteiger partial charge in [0, 0.05) is 13.2 Å². The van der Waals surface area contributed by atoms with Crippen molar-refractivity contribution in [3.8, 4) is 11.5 Å². The van der Waals surface area contributed by atoms with Crippen LogP contribution in [0.15, 0.2) is 18.2 Å². The molecule has 0 saturated carbocycles. The minimum absolute atomic E-state index is 0.375. The summed E-state index contributed by atoms with van der Waals surface area (Å²) < 4.78 is 21.5. The van der Waals surface area contributed by atoms with Crippen molar-refractivity contribution < 1.29 is 18.9 Å². The average molecular weight is 269 g/mol. The van der Waals surface area contributed by atoms with Gasteiger partial charge in [-0.2, -0.15) is 0 Å². The first-order valence-electron chi connectivity index (χ1n) is 6.38. The third-order valence-corrected chi connectivity index (χ3v) is 2.75. The van der Waals surface area contributed by atoms with Crippen molar-refractivity contribution in [3.05, 3.63) is 23.8 Å². The minimum Gasteiger partial charge on any atom is -0.493 e. The molecule has 5 heteroatoms. The molecule has 1 aromatic carbocycles. The van der Waals surface area contributed by atoms with Crippen LogP contribution in [-0.4, -0.2) is 33.7 Å². The van der Waals surface area contributed by atoms with E-state index in [0.717, 1.165) is 5.56 Å². The SMILES string of the molecule is CCOC(OCC)[C@@H](N)c1ccc(OC)c(OC)c1. The predicted octanol–water partition coefficient (Wildman–Crippen LogP) is 2.10. The Labute approximate surface area is 114 Å². The molecule has 0 bridgehead atoms. The van der Waals surface area contributed by atoms with E-state index >= 15 is 0 Å².